The first-order chi connectivity index (χ1) is 23.2. The van der Waals surface area contributed by atoms with Gasteiger partial charge in [0.25, 0.3) is 0 Å². The van der Waals surface area contributed by atoms with Gasteiger partial charge in [-0.25, -0.2) is 4.68 Å². The summed E-state index contributed by atoms with van der Waals surface area (Å²) in [6.45, 7) is 18.2. The SMILES string of the molecule is C[C@@H]1O[C@H](n2cc(CNC(=O)[C@]34CCC(C)(C)CC3C3=CCC5[C@@]6(C)CC[C@H](O)C(C)(C)C6CC[C@@]5(C)[C@]3(C)C[C@H]4O)nn2)[C@H](O)[C@H](O)[C@H]1O. The Hall–Kier alpha value is -1.89. The molecule has 2 heterocycles. The minimum Gasteiger partial charge on any atom is -0.393 e. The number of nitrogens with one attached hydrogen (secondary N) is 1. The van der Waals surface area contributed by atoms with Gasteiger partial charge in [-0.15, -0.1) is 5.10 Å². The summed E-state index contributed by atoms with van der Waals surface area (Å²) in [7, 11) is 0. The molecule has 4 saturated carbocycles. The standard InChI is InChI=1S/C39H62N4O7/c1-21-29(46)30(47)31(48)32(50-21)43-20-22(41-42-43)19-40-33(49)39-16-15-34(2,3)17-24(39)23-9-10-26-36(6)13-12-27(44)35(4,5)25(36)11-14-37(26,7)38(23,8)18-28(39)45/h9,20-21,24-32,44-48H,10-19H2,1-8H3,(H,40,49)/t21-,24?,25?,26?,27-,28+,29-,30+,31+,32-,36-,37+,38+,39+/m0/s1. The lowest BCUT2D eigenvalue weighted by molar-refractivity contribution is -0.243. The van der Waals surface area contributed by atoms with Gasteiger partial charge in [0.05, 0.1) is 36.5 Å². The van der Waals surface area contributed by atoms with Crippen molar-refractivity contribution in [3.05, 3.63) is 23.5 Å². The quantitative estimate of drug-likeness (QED) is 0.254. The number of carbonyl (C=O) groups is 1. The molecule has 6 N–H and O–H groups in total. The lowest BCUT2D eigenvalue weighted by Crippen LogP contribution is -2.68. The van der Waals surface area contributed by atoms with E-state index in [9.17, 15) is 30.3 Å². The highest BCUT2D eigenvalue weighted by Gasteiger charge is 2.71. The number of ether oxygens (including phenoxy) is 1. The molecule has 0 bridgehead atoms. The Morgan fingerprint density at radius 1 is 0.900 bits per heavy atom. The maximum atomic E-state index is 14.6. The summed E-state index contributed by atoms with van der Waals surface area (Å²) in [4.78, 5) is 14.6. The predicted octanol–water partition coefficient (Wildman–Crippen LogP) is 4.03. The van der Waals surface area contributed by atoms with Crippen molar-refractivity contribution in [1.29, 1.82) is 0 Å². The highest BCUT2D eigenvalue weighted by atomic mass is 16.5. The van der Waals surface area contributed by atoms with Crippen LogP contribution in [0.3, 0.4) is 0 Å². The summed E-state index contributed by atoms with van der Waals surface area (Å²) >= 11 is 0. The topological polar surface area (TPSA) is 170 Å². The molecule has 50 heavy (non-hydrogen) atoms. The van der Waals surface area contributed by atoms with Gasteiger partial charge in [-0.2, -0.15) is 0 Å². The molecule has 1 aromatic rings. The van der Waals surface area contributed by atoms with Crippen LogP contribution in [0.15, 0.2) is 17.8 Å². The van der Waals surface area contributed by atoms with Crippen molar-refractivity contribution in [2.75, 3.05) is 0 Å². The third kappa shape index (κ3) is 4.99. The zero-order valence-electron chi connectivity index (χ0n) is 31.4. The summed E-state index contributed by atoms with van der Waals surface area (Å²) in [5, 5.41) is 65.9. The first kappa shape index (κ1) is 36.5. The Morgan fingerprint density at radius 2 is 1.62 bits per heavy atom. The number of aliphatic hydroxyl groups excluding tert-OH is 5. The van der Waals surface area contributed by atoms with Crippen LogP contribution in [0.4, 0.5) is 0 Å². The number of rotatable bonds is 4. The van der Waals surface area contributed by atoms with Gasteiger partial charge in [-0.3, -0.25) is 4.79 Å². The van der Waals surface area contributed by atoms with E-state index < -0.39 is 42.2 Å². The van der Waals surface area contributed by atoms with Crippen LogP contribution in [-0.4, -0.2) is 83.1 Å². The van der Waals surface area contributed by atoms with Gasteiger partial charge in [-0.1, -0.05) is 65.3 Å². The lowest BCUT2D eigenvalue weighted by Gasteiger charge is -2.71. The predicted molar refractivity (Wildman–Crippen MR) is 186 cm³/mol. The average Bonchev–Trinajstić information content (AvgIpc) is 3.51. The number of aromatic nitrogens is 3. The molecule has 11 heteroatoms. The zero-order valence-corrected chi connectivity index (χ0v) is 31.4. The van der Waals surface area contributed by atoms with E-state index in [1.165, 1.54) is 10.3 Å². The fourth-order valence-electron chi connectivity index (χ4n) is 12.8. The van der Waals surface area contributed by atoms with E-state index in [0.29, 0.717) is 30.4 Å². The van der Waals surface area contributed by atoms with Crippen molar-refractivity contribution in [2.45, 2.75) is 163 Å². The van der Waals surface area contributed by atoms with Gasteiger partial charge in [-0.05, 0) is 110 Å². The molecule has 0 aromatic carbocycles. The van der Waals surface area contributed by atoms with Crippen molar-refractivity contribution in [2.24, 2.45) is 50.2 Å². The highest BCUT2D eigenvalue weighted by molar-refractivity contribution is 5.85. The second kappa shape index (κ2) is 11.8. The number of hydrogen-bond donors (Lipinski definition) is 6. The van der Waals surface area contributed by atoms with Crippen LogP contribution >= 0.6 is 0 Å². The second-order valence-electron chi connectivity index (χ2n) is 19.4. The number of hydrogen-bond acceptors (Lipinski definition) is 9. The minimum absolute atomic E-state index is 0.0248. The van der Waals surface area contributed by atoms with Gasteiger partial charge < -0.3 is 35.6 Å². The van der Waals surface area contributed by atoms with E-state index >= 15 is 0 Å². The third-order valence-corrected chi connectivity index (χ3v) is 16.2. The monoisotopic (exact) mass is 698 g/mol. The fourth-order valence-corrected chi connectivity index (χ4v) is 12.8. The highest BCUT2D eigenvalue weighted by Crippen LogP contribution is 2.75. The average molecular weight is 699 g/mol. The third-order valence-electron chi connectivity index (χ3n) is 16.2. The van der Waals surface area contributed by atoms with Crippen LogP contribution in [0.2, 0.25) is 0 Å². The van der Waals surface area contributed by atoms with Crippen LogP contribution in [0.25, 0.3) is 0 Å². The number of aliphatic hydroxyl groups is 5. The molecule has 1 amide bonds. The van der Waals surface area contributed by atoms with E-state index in [4.69, 9.17) is 4.74 Å². The molecular weight excluding hydrogens is 636 g/mol. The fraction of sp³-hybridized carbons (Fsp3) is 0.872. The zero-order chi connectivity index (χ0) is 36.4. The summed E-state index contributed by atoms with van der Waals surface area (Å²) in [6, 6.07) is 0. The lowest BCUT2D eigenvalue weighted by atomic mass is 9.33. The second-order valence-corrected chi connectivity index (χ2v) is 19.4. The van der Waals surface area contributed by atoms with Gasteiger partial charge in [0.2, 0.25) is 5.91 Å². The van der Waals surface area contributed by atoms with E-state index in [2.05, 4.69) is 70.2 Å². The largest absolute Gasteiger partial charge is 0.393 e. The van der Waals surface area contributed by atoms with Crippen LogP contribution in [0.1, 0.15) is 125 Å². The van der Waals surface area contributed by atoms with E-state index in [-0.39, 0.29) is 51.5 Å². The minimum atomic E-state index is -1.40. The summed E-state index contributed by atoms with van der Waals surface area (Å²) in [5.41, 5.74) is 0.540. The number of amides is 1. The van der Waals surface area contributed by atoms with Gasteiger partial charge in [0.1, 0.15) is 24.0 Å². The maximum absolute atomic E-state index is 14.6. The molecule has 0 spiro atoms. The Morgan fingerprint density at radius 3 is 2.34 bits per heavy atom. The van der Waals surface area contributed by atoms with Crippen molar-refractivity contribution in [3.8, 4) is 0 Å². The van der Waals surface area contributed by atoms with Crippen LogP contribution in [-0.2, 0) is 16.1 Å². The number of carbonyl (C=O) groups excluding carboxylic acids is 1. The molecule has 11 nitrogen and oxygen atoms in total. The van der Waals surface area contributed by atoms with E-state index in [1.807, 2.05) is 0 Å². The molecule has 3 unspecified atom stereocenters. The summed E-state index contributed by atoms with van der Waals surface area (Å²) < 4.78 is 7.04. The van der Waals surface area contributed by atoms with Crippen molar-refractivity contribution >= 4 is 5.91 Å². The van der Waals surface area contributed by atoms with Crippen LogP contribution in [0.5, 0.6) is 0 Å². The first-order valence-corrected chi connectivity index (χ1v) is 19.2. The van der Waals surface area contributed by atoms with Crippen LogP contribution in [0, 0.1) is 50.2 Å². The number of allylic oxidation sites excluding steroid dienone is 2. The molecule has 1 aliphatic heterocycles. The molecule has 5 fully saturated rings. The van der Waals surface area contributed by atoms with Crippen molar-refractivity contribution in [1.82, 2.24) is 20.3 Å². The molecule has 14 atom stereocenters. The Bertz CT molecular complexity index is 1530. The molecule has 6 aliphatic rings. The van der Waals surface area contributed by atoms with Gasteiger partial charge in [0.15, 0.2) is 6.23 Å². The molecule has 1 saturated heterocycles. The van der Waals surface area contributed by atoms with Crippen molar-refractivity contribution in [3.63, 3.8) is 0 Å². The van der Waals surface area contributed by atoms with Crippen molar-refractivity contribution < 1.29 is 35.1 Å². The maximum Gasteiger partial charge on any atom is 0.229 e. The molecule has 5 aliphatic carbocycles. The molecule has 1 aromatic heterocycles. The first-order valence-electron chi connectivity index (χ1n) is 19.2. The smallest absolute Gasteiger partial charge is 0.229 e. The Labute approximate surface area is 297 Å². The molecule has 0 radical (unpaired) electrons. The van der Waals surface area contributed by atoms with E-state index in [0.717, 1.165) is 44.9 Å². The molecular formula is C39H62N4O7. The number of fused-ring (bicyclic) bond motifs is 7. The summed E-state index contributed by atoms with van der Waals surface area (Å²) in [6.07, 6.45) is 4.95. The Kier molecular flexibility index (Phi) is 8.61. The molecule has 7 rings (SSSR count). The number of nitrogens with zero attached hydrogens (tertiary/aromatic N) is 3. The van der Waals surface area contributed by atoms with Crippen LogP contribution < -0.4 is 5.32 Å². The summed E-state index contributed by atoms with van der Waals surface area (Å²) in [5.74, 6) is 0.619. The van der Waals surface area contributed by atoms with Gasteiger partial charge >= 0.3 is 0 Å². The normalized spacial score (nSPS) is 49.4. The van der Waals surface area contributed by atoms with E-state index in [1.54, 1.807) is 13.1 Å². The van der Waals surface area contributed by atoms with Gasteiger partial charge in [0, 0.05) is 0 Å². The molecule has 280 valence electrons. The Balaban J connectivity index is 1.17.